The average Bonchev–Trinajstić information content (AvgIpc) is 2.81. The van der Waals surface area contributed by atoms with E-state index in [0.29, 0.717) is 18.1 Å². The van der Waals surface area contributed by atoms with Gasteiger partial charge in [0.15, 0.2) is 0 Å². The summed E-state index contributed by atoms with van der Waals surface area (Å²) in [7, 11) is 1.26. The molecule has 0 aromatic carbocycles. The molecule has 0 aliphatic carbocycles. The summed E-state index contributed by atoms with van der Waals surface area (Å²) < 4.78 is 23.9. The summed E-state index contributed by atoms with van der Waals surface area (Å²) in [6.45, 7) is 2.29. The molecule has 2 rings (SSSR count). The van der Waals surface area contributed by atoms with Crippen LogP contribution in [-0.2, 0) is 4.74 Å². The molecule has 0 spiro atoms. The molecule has 4 nitrogen and oxygen atoms in total. The van der Waals surface area contributed by atoms with E-state index in [4.69, 9.17) is 4.74 Å². The van der Waals surface area contributed by atoms with Crippen LogP contribution < -0.4 is 4.74 Å². The van der Waals surface area contributed by atoms with Crippen LogP contribution in [0.1, 0.15) is 16.6 Å². The van der Waals surface area contributed by atoms with E-state index >= 15 is 0 Å². The number of aromatic nitrogens is 1. The summed E-state index contributed by atoms with van der Waals surface area (Å²) in [5.41, 5.74) is 0.391. The van der Waals surface area contributed by atoms with Crippen LogP contribution in [0.5, 0.6) is 5.75 Å². The molecule has 0 saturated heterocycles. The molecule has 0 saturated carbocycles. The number of thiophene rings is 1. The highest BCUT2D eigenvalue weighted by Gasteiger charge is 2.19. The van der Waals surface area contributed by atoms with Crippen molar-refractivity contribution < 1.29 is 18.7 Å². The second kappa shape index (κ2) is 5.79. The number of methoxy groups -OCH3 is 1. The van der Waals surface area contributed by atoms with Gasteiger partial charge in [-0.2, -0.15) is 0 Å². The Hall–Kier alpha value is -1.95. The molecule has 2 aromatic rings. The lowest BCUT2D eigenvalue weighted by Crippen LogP contribution is -1.96. The van der Waals surface area contributed by atoms with E-state index in [1.807, 2.05) is 6.92 Å². The Labute approximate surface area is 113 Å². The Kier molecular flexibility index (Phi) is 4.11. The summed E-state index contributed by atoms with van der Waals surface area (Å²) in [4.78, 5) is 16.0. The first kappa shape index (κ1) is 13.5. The lowest BCUT2D eigenvalue weighted by molar-refractivity contribution is 0.0606. The Balaban J connectivity index is 2.47. The number of carbonyl (C=O) groups is 1. The Bertz CT molecular complexity index is 597. The van der Waals surface area contributed by atoms with Crippen molar-refractivity contribution in [1.82, 2.24) is 4.98 Å². The number of halogens is 1. The standard InChI is InChI=1S/C13H12FNO3S/c1-3-18-9-5-4-6-15-11(9)12-8(14)7-10(19-12)13(16)17-2/h4-7H,3H2,1-2H3. The van der Waals surface area contributed by atoms with Gasteiger partial charge in [-0.15, -0.1) is 11.3 Å². The van der Waals surface area contributed by atoms with Crippen LogP contribution in [0.4, 0.5) is 4.39 Å². The summed E-state index contributed by atoms with van der Waals surface area (Å²) in [6, 6.07) is 4.57. The molecule has 0 aliphatic rings. The first-order valence-electron chi connectivity index (χ1n) is 5.63. The van der Waals surface area contributed by atoms with Crippen LogP contribution >= 0.6 is 11.3 Å². The number of nitrogens with zero attached hydrogens (tertiary/aromatic N) is 1. The van der Waals surface area contributed by atoms with Gasteiger partial charge in [-0.1, -0.05) is 0 Å². The summed E-state index contributed by atoms with van der Waals surface area (Å²) in [5, 5.41) is 0. The van der Waals surface area contributed by atoms with E-state index in [-0.39, 0.29) is 9.75 Å². The Morgan fingerprint density at radius 1 is 1.53 bits per heavy atom. The molecule has 0 radical (unpaired) electrons. The van der Waals surface area contributed by atoms with E-state index in [2.05, 4.69) is 9.72 Å². The van der Waals surface area contributed by atoms with Gasteiger partial charge in [0.05, 0.1) is 18.6 Å². The zero-order chi connectivity index (χ0) is 13.8. The smallest absolute Gasteiger partial charge is 0.348 e. The van der Waals surface area contributed by atoms with Gasteiger partial charge in [0.1, 0.15) is 22.1 Å². The molecule has 0 bridgehead atoms. The molecule has 0 fully saturated rings. The molecule has 2 aromatic heterocycles. The highest BCUT2D eigenvalue weighted by atomic mass is 32.1. The quantitative estimate of drug-likeness (QED) is 0.808. The number of pyridine rings is 1. The van der Waals surface area contributed by atoms with Crippen molar-refractivity contribution >= 4 is 17.3 Å². The fourth-order valence-corrected chi connectivity index (χ4v) is 2.52. The molecule has 6 heteroatoms. The molecule has 0 aliphatic heterocycles. The fourth-order valence-electron chi connectivity index (χ4n) is 1.56. The van der Waals surface area contributed by atoms with Crippen molar-refractivity contribution in [3.8, 4) is 16.3 Å². The second-order valence-corrected chi connectivity index (χ2v) is 4.61. The predicted molar refractivity (Wildman–Crippen MR) is 70.0 cm³/mol. The van der Waals surface area contributed by atoms with Crippen molar-refractivity contribution in [2.75, 3.05) is 13.7 Å². The Morgan fingerprint density at radius 2 is 2.32 bits per heavy atom. The van der Waals surface area contributed by atoms with E-state index in [1.165, 1.54) is 7.11 Å². The fraction of sp³-hybridized carbons (Fsp3) is 0.231. The van der Waals surface area contributed by atoms with Crippen LogP contribution in [0.15, 0.2) is 24.4 Å². The van der Waals surface area contributed by atoms with Crippen molar-refractivity contribution in [2.24, 2.45) is 0 Å². The molecule has 0 N–H and O–H groups in total. The Morgan fingerprint density at radius 3 is 3.00 bits per heavy atom. The SMILES string of the molecule is CCOc1cccnc1-c1sc(C(=O)OC)cc1F. The lowest BCUT2D eigenvalue weighted by atomic mass is 10.2. The monoisotopic (exact) mass is 281 g/mol. The highest BCUT2D eigenvalue weighted by Crippen LogP contribution is 2.36. The predicted octanol–water partition coefficient (Wildman–Crippen LogP) is 3.13. The summed E-state index contributed by atoms with van der Waals surface area (Å²) >= 11 is 0.993. The maximum Gasteiger partial charge on any atom is 0.348 e. The van der Waals surface area contributed by atoms with Crippen LogP contribution in [0.25, 0.3) is 10.6 Å². The highest BCUT2D eigenvalue weighted by molar-refractivity contribution is 7.17. The number of ether oxygens (including phenoxy) is 2. The molecule has 19 heavy (non-hydrogen) atoms. The maximum absolute atomic E-state index is 13.9. The number of esters is 1. The first-order valence-corrected chi connectivity index (χ1v) is 6.44. The van der Waals surface area contributed by atoms with Gasteiger partial charge in [-0.25, -0.2) is 9.18 Å². The third-order valence-corrected chi connectivity index (χ3v) is 3.46. The van der Waals surface area contributed by atoms with Crippen molar-refractivity contribution in [2.45, 2.75) is 6.92 Å². The van der Waals surface area contributed by atoms with Gasteiger partial charge < -0.3 is 9.47 Å². The largest absolute Gasteiger partial charge is 0.492 e. The lowest BCUT2D eigenvalue weighted by Gasteiger charge is -2.07. The number of hydrogen-bond acceptors (Lipinski definition) is 5. The maximum atomic E-state index is 13.9. The van der Waals surface area contributed by atoms with Gasteiger partial charge in [-0.05, 0) is 25.1 Å². The van der Waals surface area contributed by atoms with Gasteiger partial charge >= 0.3 is 5.97 Å². The molecule has 0 amide bonds. The third kappa shape index (κ3) is 2.73. The molecular formula is C13H12FNO3S. The van der Waals surface area contributed by atoms with Crippen LogP contribution in [0.3, 0.4) is 0 Å². The second-order valence-electron chi connectivity index (χ2n) is 3.56. The number of carbonyl (C=O) groups excluding carboxylic acids is 1. The number of hydrogen-bond donors (Lipinski definition) is 0. The van der Waals surface area contributed by atoms with Crippen molar-refractivity contribution in [3.63, 3.8) is 0 Å². The summed E-state index contributed by atoms with van der Waals surface area (Å²) in [6.07, 6.45) is 1.55. The van der Waals surface area contributed by atoms with E-state index in [9.17, 15) is 9.18 Å². The molecule has 100 valence electrons. The number of rotatable bonds is 4. The van der Waals surface area contributed by atoms with Gasteiger partial charge in [0.2, 0.25) is 0 Å². The zero-order valence-corrected chi connectivity index (χ0v) is 11.3. The third-order valence-electron chi connectivity index (χ3n) is 2.36. The summed E-state index contributed by atoms with van der Waals surface area (Å²) in [5.74, 6) is -0.587. The normalized spacial score (nSPS) is 10.3. The molecular weight excluding hydrogens is 269 g/mol. The topological polar surface area (TPSA) is 48.4 Å². The minimum atomic E-state index is -0.566. The van der Waals surface area contributed by atoms with Crippen LogP contribution in [0, 0.1) is 5.82 Å². The van der Waals surface area contributed by atoms with Crippen molar-refractivity contribution in [1.29, 1.82) is 0 Å². The van der Waals surface area contributed by atoms with E-state index < -0.39 is 11.8 Å². The zero-order valence-electron chi connectivity index (χ0n) is 10.5. The first-order chi connectivity index (χ1) is 9.17. The minimum absolute atomic E-state index is 0.197. The van der Waals surface area contributed by atoms with Crippen molar-refractivity contribution in [3.05, 3.63) is 35.1 Å². The van der Waals surface area contributed by atoms with Crippen LogP contribution in [0.2, 0.25) is 0 Å². The van der Waals surface area contributed by atoms with Gasteiger partial charge in [-0.3, -0.25) is 4.98 Å². The van der Waals surface area contributed by atoms with E-state index in [1.54, 1.807) is 18.3 Å². The van der Waals surface area contributed by atoms with E-state index in [0.717, 1.165) is 17.4 Å². The average molecular weight is 281 g/mol. The molecule has 0 atom stereocenters. The van der Waals surface area contributed by atoms with Gasteiger partial charge in [0.25, 0.3) is 0 Å². The molecule has 0 unspecified atom stereocenters. The molecule has 2 heterocycles. The minimum Gasteiger partial charge on any atom is -0.492 e. The van der Waals surface area contributed by atoms with Crippen LogP contribution in [-0.4, -0.2) is 24.7 Å². The van der Waals surface area contributed by atoms with Gasteiger partial charge in [0, 0.05) is 6.20 Å².